The third-order valence-corrected chi connectivity index (χ3v) is 3.49. The smallest absolute Gasteiger partial charge is 0.251 e. The molecule has 1 amide bonds. The van der Waals surface area contributed by atoms with E-state index in [2.05, 4.69) is 25.7 Å². The summed E-state index contributed by atoms with van der Waals surface area (Å²) in [6, 6.07) is 12.4. The second-order valence-corrected chi connectivity index (χ2v) is 5.34. The molecule has 9 nitrogen and oxygen atoms in total. The molecule has 134 valence electrons. The SMILES string of the molecule is COCCNC(=O)c1ccc(Nc2nc(N)n(-c3ccccn3)n2)cc1. The van der Waals surface area contributed by atoms with E-state index in [1.165, 1.54) is 4.68 Å². The van der Waals surface area contributed by atoms with Crippen molar-refractivity contribution in [3.05, 3.63) is 54.2 Å². The topological polar surface area (TPSA) is 120 Å². The van der Waals surface area contributed by atoms with Crippen molar-refractivity contribution >= 4 is 23.5 Å². The van der Waals surface area contributed by atoms with E-state index in [0.29, 0.717) is 30.5 Å². The Labute approximate surface area is 150 Å². The van der Waals surface area contributed by atoms with Crippen molar-refractivity contribution in [1.29, 1.82) is 0 Å². The number of hydrogen-bond donors (Lipinski definition) is 3. The minimum atomic E-state index is -0.157. The van der Waals surface area contributed by atoms with Gasteiger partial charge in [0.05, 0.1) is 6.61 Å². The molecule has 0 fully saturated rings. The van der Waals surface area contributed by atoms with Crippen LogP contribution in [-0.4, -0.2) is 45.9 Å². The number of rotatable bonds is 7. The Bertz CT molecular complexity index is 863. The molecule has 0 bridgehead atoms. The van der Waals surface area contributed by atoms with Gasteiger partial charge < -0.3 is 21.1 Å². The van der Waals surface area contributed by atoms with Crippen LogP contribution in [0.2, 0.25) is 0 Å². The number of ether oxygens (including phenoxy) is 1. The molecule has 4 N–H and O–H groups in total. The zero-order chi connectivity index (χ0) is 18.4. The molecule has 0 spiro atoms. The Hall–Kier alpha value is -3.46. The van der Waals surface area contributed by atoms with Crippen LogP contribution in [0.3, 0.4) is 0 Å². The van der Waals surface area contributed by atoms with E-state index in [4.69, 9.17) is 10.5 Å². The summed E-state index contributed by atoms with van der Waals surface area (Å²) in [6.45, 7) is 0.931. The number of pyridine rings is 1. The lowest BCUT2D eigenvalue weighted by atomic mass is 10.2. The van der Waals surface area contributed by atoms with Gasteiger partial charge >= 0.3 is 0 Å². The van der Waals surface area contributed by atoms with Crippen LogP contribution in [0.5, 0.6) is 0 Å². The molecule has 0 atom stereocenters. The summed E-state index contributed by atoms with van der Waals surface area (Å²) in [6.07, 6.45) is 1.65. The number of carbonyl (C=O) groups is 1. The van der Waals surface area contributed by atoms with Gasteiger partial charge in [-0.2, -0.15) is 9.67 Å². The van der Waals surface area contributed by atoms with Gasteiger partial charge in [0.15, 0.2) is 5.82 Å². The molecule has 2 heterocycles. The number of nitrogens with two attached hydrogens (primary N) is 1. The van der Waals surface area contributed by atoms with E-state index < -0.39 is 0 Å². The number of hydrogen-bond acceptors (Lipinski definition) is 7. The predicted octanol–water partition coefficient (Wildman–Crippen LogP) is 1.36. The first-order valence-electron chi connectivity index (χ1n) is 7.95. The molecule has 1 aromatic carbocycles. The summed E-state index contributed by atoms with van der Waals surface area (Å²) in [5.41, 5.74) is 7.18. The van der Waals surface area contributed by atoms with E-state index >= 15 is 0 Å². The van der Waals surface area contributed by atoms with Crippen LogP contribution < -0.4 is 16.4 Å². The largest absolute Gasteiger partial charge is 0.383 e. The monoisotopic (exact) mass is 353 g/mol. The molecular weight excluding hydrogens is 334 g/mol. The summed E-state index contributed by atoms with van der Waals surface area (Å²) in [5.74, 6) is 0.981. The Morgan fingerprint density at radius 2 is 2.04 bits per heavy atom. The first-order valence-corrected chi connectivity index (χ1v) is 7.95. The Morgan fingerprint density at radius 3 is 2.73 bits per heavy atom. The molecule has 0 saturated carbocycles. The zero-order valence-electron chi connectivity index (χ0n) is 14.2. The molecule has 2 aromatic heterocycles. The van der Waals surface area contributed by atoms with Gasteiger partial charge in [-0.3, -0.25) is 4.79 Å². The molecule has 0 saturated heterocycles. The molecule has 3 rings (SSSR count). The maximum absolute atomic E-state index is 12.0. The van der Waals surface area contributed by atoms with E-state index in [1.54, 1.807) is 43.6 Å². The molecule has 3 aromatic rings. The maximum Gasteiger partial charge on any atom is 0.251 e. The molecule has 9 heteroatoms. The van der Waals surface area contributed by atoms with Crippen LogP contribution >= 0.6 is 0 Å². The minimum absolute atomic E-state index is 0.157. The van der Waals surface area contributed by atoms with Gasteiger partial charge in [0.25, 0.3) is 5.91 Å². The van der Waals surface area contributed by atoms with Crippen molar-refractivity contribution in [2.45, 2.75) is 0 Å². The highest BCUT2D eigenvalue weighted by atomic mass is 16.5. The van der Waals surface area contributed by atoms with Crippen LogP contribution in [0.1, 0.15) is 10.4 Å². The van der Waals surface area contributed by atoms with Gasteiger partial charge in [-0.15, -0.1) is 5.10 Å². The fraction of sp³-hybridized carbons (Fsp3) is 0.176. The Morgan fingerprint density at radius 1 is 1.23 bits per heavy atom. The van der Waals surface area contributed by atoms with Crippen LogP contribution in [0, 0.1) is 0 Å². The lowest BCUT2D eigenvalue weighted by molar-refractivity contribution is 0.0937. The summed E-state index contributed by atoms with van der Waals surface area (Å²) in [4.78, 5) is 20.3. The summed E-state index contributed by atoms with van der Waals surface area (Å²) >= 11 is 0. The molecule has 0 aliphatic heterocycles. The average molecular weight is 353 g/mol. The highest BCUT2D eigenvalue weighted by Crippen LogP contribution is 2.17. The quantitative estimate of drug-likeness (QED) is 0.549. The lowest BCUT2D eigenvalue weighted by Crippen LogP contribution is -2.26. The molecule has 0 unspecified atom stereocenters. The zero-order valence-corrected chi connectivity index (χ0v) is 14.2. The van der Waals surface area contributed by atoms with E-state index in [1.807, 2.05) is 12.1 Å². The number of nitrogens with one attached hydrogen (secondary N) is 2. The molecule has 0 aliphatic rings. The highest BCUT2D eigenvalue weighted by Gasteiger charge is 2.10. The first kappa shape index (κ1) is 17.4. The number of aromatic nitrogens is 4. The maximum atomic E-state index is 12.0. The number of nitrogens with zero attached hydrogens (tertiary/aromatic N) is 4. The van der Waals surface area contributed by atoms with E-state index in [-0.39, 0.29) is 11.9 Å². The van der Waals surface area contributed by atoms with E-state index in [9.17, 15) is 4.79 Å². The Balaban J connectivity index is 1.67. The highest BCUT2D eigenvalue weighted by molar-refractivity contribution is 5.94. The predicted molar refractivity (Wildman–Crippen MR) is 97.5 cm³/mol. The fourth-order valence-corrected chi connectivity index (χ4v) is 2.23. The number of benzene rings is 1. The van der Waals surface area contributed by atoms with Gasteiger partial charge in [0, 0.05) is 31.1 Å². The van der Waals surface area contributed by atoms with Crippen LogP contribution in [0.25, 0.3) is 5.82 Å². The molecular formula is C17H19N7O2. The van der Waals surface area contributed by atoms with Crippen LogP contribution in [0.15, 0.2) is 48.7 Å². The minimum Gasteiger partial charge on any atom is -0.383 e. The molecule has 0 aliphatic carbocycles. The number of carbonyl (C=O) groups excluding carboxylic acids is 1. The van der Waals surface area contributed by atoms with Gasteiger partial charge in [0.1, 0.15) is 0 Å². The van der Waals surface area contributed by atoms with Crippen molar-refractivity contribution in [3.63, 3.8) is 0 Å². The summed E-state index contributed by atoms with van der Waals surface area (Å²) in [5, 5.41) is 10.1. The third-order valence-electron chi connectivity index (χ3n) is 3.49. The Kier molecular flexibility index (Phi) is 5.40. The molecule has 26 heavy (non-hydrogen) atoms. The summed E-state index contributed by atoms with van der Waals surface area (Å²) in [7, 11) is 1.59. The van der Waals surface area contributed by atoms with Crippen molar-refractivity contribution in [2.75, 3.05) is 31.3 Å². The summed E-state index contributed by atoms with van der Waals surface area (Å²) < 4.78 is 6.35. The van der Waals surface area contributed by atoms with Crippen molar-refractivity contribution in [1.82, 2.24) is 25.1 Å². The normalized spacial score (nSPS) is 10.5. The standard InChI is InChI=1S/C17H19N7O2/c1-26-11-10-20-15(25)12-5-7-13(8-6-12)21-17-22-16(18)24(23-17)14-4-2-3-9-19-14/h2-9H,10-11H2,1H3,(H,20,25)(H3,18,21,22,23). The first-order chi connectivity index (χ1) is 12.7. The number of amides is 1. The fourth-order valence-electron chi connectivity index (χ4n) is 2.23. The number of anilines is 3. The second-order valence-electron chi connectivity index (χ2n) is 5.34. The number of methoxy groups -OCH3 is 1. The van der Waals surface area contributed by atoms with Crippen LogP contribution in [-0.2, 0) is 4.74 Å². The van der Waals surface area contributed by atoms with Gasteiger partial charge in [-0.1, -0.05) is 6.07 Å². The average Bonchev–Trinajstić information content (AvgIpc) is 3.03. The van der Waals surface area contributed by atoms with Gasteiger partial charge in [0.2, 0.25) is 11.9 Å². The number of nitrogen functional groups attached to an aromatic ring is 1. The second kappa shape index (κ2) is 8.08. The van der Waals surface area contributed by atoms with Crippen molar-refractivity contribution < 1.29 is 9.53 Å². The lowest BCUT2D eigenvalue weighted by Gasteiger charge is -2.06. The van der Waals surface area contributed by atoms with E-state index in [0.717, 1.165) is 5.69 Å². The van der Waals surface area contributed by atoms with Crippen molar-refractivity contribution in [3.8, 4) is 5.82 Å². The molecule has 0 radical (unpaired) electrons. The third kappa shape index (κ3) is 4.14. The van der Waals surface area contributed by atoms with Gasteiger partial charge in [-0.05, 0) is 36.4 Å². The van der Waals surface area contributed by atoms with Crippen LogP contribution in [0.4, 0.5) is 17.6 Å². The van der Waals surface area contributed by atoms with Crippen molar-refractivity contribution in [2.24, 2.45) is 0 Å². The van der Waals surface area contributed by atoms with Gasteiger partial charge in [-0.25, -0.2) is 4.98 Å².